The van der Waals surface area contributed by atoms with Gasteiger partial charge in [-0.1, -0.05) is 0 Å². The van der Waals surface area contributed by atoms with Crippen molar-refractivity contribution in [2.75, 3.05) is 54.0 Å². The first-order valence-corrected chi connectivity index (χ1v) is 10.4. The Balaban J connectivity index is 1.40. The maximum atomic E-state index is 14.9. The molecule has 0 saturated carbocycles. The van der Waals surface area contributed by atoms with Gasteiger partial charge < -0.3 is 19.9 Å². The van der Waals surface area contributed by atoms with E-state index in [1.165, 1.54) is 17.9 Å². The van der Waals surface area contributed by atoms with E-state index in [1.54, 1.807) is 18.3 Å². The van der Waals surface area contributed by atoms with Crippen LogP contribution in [0.4, 0.5) is 26.2 Å². The average Bonchev–Trinajstić information content (AvgIpc) is 3.13. The van der Waals surface area contributed by atoms with Crippen LogP contribution in [0.3, 0.4) is 0 Å². The number of halogens is 1. The molecule has 2 aliphatic heterocycles. The number of hydrogen-bond donors (Lipinski definition) is 1. The normalized spacial score (nSPS) is 18.9. The summed E-state index contributed by atoms with van der Waals surface area (Å²) in [6, 6.07) is 8.80. The van der Waals surface area contributed by atoms with Crippen LogP contribution in [0.5, 0.6) is 0 Å². The van der Waals surface area contributed by atoms with Crippen LogP contribution in [0, 0.1) is 12.7 Å². The topological polar surface area (TPSA) is 78.0 Å². The zero-order chi connectivity index (χ0) is 22.0. The Morgan fingerprint density at radius 3 is 2.55 bits per heavy atom. The molecule has 2 saturated heterocycles. The molecular weight excluding hydrogens is 401 g/mol. The number of aryl methyl sites for hydroxylation is 1. The molecule has 1 atom stereocenters. The van der Waals surface area contributed by atoms with E-state index in [-0.39, 0.29) is 24.8 Å². The van der Waals surface area contributed by atoms with Gasteiger partial charge in [0, 0.05) is 39.3 Å². The van der Waals surface area contributed by atoms with E-state index < -0.39 is 12.2 Å². The number of aromatic nitrogens is 1. The number of piperazine rings is 1. The fourth-order valence-electron chi connectivity index (χ4n) is 4.01. The number of cyclic esters (lactones) is 1. The Bertz CT molecular complexity index is 977. The Morgan fingerprint density at radius 1 is 1.19 bits per heavy atom. The lowest BCUT2D eigenvalue weighted by atomic mass is 10.2. The molecule has 2 amide bonds. The highest BCUT2D eigenvalue weighted by Crippen LogP contribution is 2.29. The van der Waals surface area contributed by atoms with Crippen LogP contribution >= 0.6 is 0 Å². The quantitative estimate of drug-likeness (QED) is 0.789. The Kier molecular flexibility index (Phi) is 5.92. The number of carbonyl (C=O) groups is 2. The molecule has 1 N–H and O–H groups in total. The molecule has 2 fully saturated rings. The van der Waals surface area contributed by atoms with Gasteiger partial charge in [-0.2, -0.15) is 0 Å². The van der Waals surface area contributed by atoms with Gasteiger partial charge in [-0.05, 0) is 37.3 Å². The lowest BCUT2D eigenvalue weighted by Crippen LogP contribution is -2.47. The maximum absolute atomic E-state index is 14.9. The average molecular weight is 427 g/mol. The first-order chi connectivity index (χ1) is 14.9. The van der Waals surface area contributed by atoms with Gasteiger partial charge in [0.05, 0.1) is 35.8 Å². The second-order valence-corrected chi connectivity index (χ2v) is 7.77. The minimum absolute atomic E-state index is 0.191. The van der Waals surface area contributed by atoms with Crippen LogP contribution in [-0.4, -0.2) is 62.4 Å². The molecule has 1 aromatic heterocycles. The first kappa shape index (κ1) is 20.9. The molecule has 1 aromatic carbocycles. The summed E-state index contributed by atoms with van der Waals surface area (Å²) in [5, 5.41) is 2.63. The maximum Gasteiger partial charge on any atom is 0.414 e. The van der Waals surface area contributed by atoms with Crippen molar-refractivity contribution in [2.24, 2.45) is 0 Å². The molecule has 2 aromatic rings. The number of amides is 2. The van der Waals surface area contributed by atoms with E-state index in [0.29, 0.717) is 24.5 Å². The first-order valence-electron chi connectivity index (χ1n) is 10.4. The van der Waals surface area contributed by atoms with Crippen LogP contribution in [0.1, 0.15) is 12.6 Å². The molecule has 0 radical (unpaired) electrons. The standard InChI is InChI=1S/C22H26FN5O3/c1-15-20(4-3-7-24-15)26-8-10-27(11-9-26)21-6-5-17(12-19(21)23)28-14-18(31-22(28)30)13-25-16(2)29/h3-7,12,18H,8-11,13-14H2,1-2H3,(H,25,29). The Hall–Kier alpha value is -3.36. The van der Waals surface area contributed by atoms with Crippen LogP contribution < -0.4 is 20.0 Å². The lowest BCUT2D eigenvalue weighted by molar-refractivity contribution is -0.119. The van der Waals surface area contributed by atoms with E-state index >= 15 is 0 Å². The Morgan fingerprint density at radius 2 is 1.90 bits per heavy atom. The highest BCUT2D eigenvalue weighted by molar-refractivity contribution is 5.90. The monoisotopic (exact) mass is 427 g/mol. The van der Waals surface area contributed by atoms with Crippen molar-refractivity contribution < 1.29 is 18.7 Å². The van der Waals surface area contributed by atoms with Crippen molar-refractivity contribution in [3.8, 4) is 0 Å². The van der Waals surface area contributed by atoms with E-state index in [1.807, 2.05) is 17.9 Å². The van der Waals surface area contributed by atoms with E-state index in [9.17, 15) is 14.0 Å². The number of ether oxygens (including phenoxy) is 1. The van der Waals surface area contributed by atoms with Crippen molar-refractivity contribution in [1.29, 1.82) is 0 Å². The predicted molar refractivity (Wildman–Crippen MR) is 116 cm³/mol. The molecule has 31 heavy (non-hydrogen) atoms. The van der Waals surface area contributed by atoms with Crippen LogP contribution in [0.15, 0.2) is 36.5 Å². The Labute approximate surface area is 180 Å². The third-order valence-corrected chi connectivity index (χ3v) is 5.64. The summed E-state index contributed by atoms with van der Waals surface area (Å²) in [6.45, 7) is 6.82. The van der Waals surface area contributed by atoms with Gasteiger partial charge in [0.2, 0.25) is 5.91 Å². The van der Waals surface area contributed by atoms with Crippen LogP contribution in [0.25, 0.3) is 0 Å². The second kappa shape index (κ2) is 8.79. The largest absolute Gasteiger partial charge is 0.442 e. The number of hydrogen-bond acceptors (Lipinski definition) is 6. The van der Waals surface area contributed by atoms with Crippen LogP contribution in [-0.2, 0) is 9.53 Å². The summed E-state index contributed by atoms with van der Waals surface area (Å²) in [5.74, 6) is -0.565. The smallest absolute Gasteiger partial charge is 0.414 e. The molecule has 4 rings (SSSR count). The predicted octanol–water partition coefficient (Wildman–Crippen LogP) is 2.32. The SMILES string of the molecule is CC(=O)NCC1CN(c2ccc(N3CCN(c4cccnc4C)CC3)c(F)c2)C(=O)O1. The second-order valence-electron chi connectivity index (χ2n) is 7.77. The number of anilines is 3. The van der Waals surface area contributed by atoms with Gasteiger partial charge in [0.1, 0.15) is 11.9 Å². The zero-order valence-corrected chi connectivity index (χ0v) is 17.7. The van der Waals surface area contributed by atoms with Crippen molar-refractivity contribution >= 4 is 29.1 Å². The van der Waals surface area contributed by atoms with Crippen LogP contribution in [0.2, 0.25) is 0 Å². The molecule has 1 unspecified atom stereocenters. The molecule has 8 nitrogen and oxygen atoms in total. The van der Waals surface area contributed by atoms with Crippen molar-refractivity contribution in [3.63, 3.8) is 0 Å². The number of benzene rings is 1. The fourth-order valence-corrected chi connectivity index (χ4v) is 4.01. The fraction of sp³-hybridized carbons (Fsp3) is 0.409. The van der Waals surface area contributed by atoms with Gasteiger partial charge >= 0.3 is 6.09 Å². The van der Waals surface area contributed by atoms with Crippen molar-refractivity contribution in [1.82, 2.24) is 10.3 Å². The number of rotatable bonds is 5. The summed E-state index contributed by atoms with van der Waals surface area (Å²) < 4.78 is 20.2. The third kappa shape index (κ3) is 4.55. The summed E-state index contributed by atoms with van der Waals surface area (Å²) in [7, 11) is 0. The van der Waals surface area contributed by atoms with Gasteiger partial charge in [0.15, 0.2) is 0 Å². The van der Waals surface area contributed by atoms with Gasteiger partial charge in [-0.3, -0.25) is 14.7 Å². The molecule has 0 aliphatic carbocycles. The highest BCUT2D eigenvalue weighted by Gasteiger charge is 2.33. The molecule has 9 heteroatoms. The van der Waals surface area contributed by atoms with Gasteiger partial charge in [-0.15, -0.1) is 0 Å². The number of pyridine rings is 1. The summed E-state index contributed by atoms with van der Waals surface area (Å²) in [5.41, 5.74) is 3.06. The molecule has 0 bridgehead atoms. The number of nitrogens with one attached hydrogen (secondary N) is 1. The van der Waals surface area contributed by atoms with E-state index in [2.05, 4.69) is 21.3 Å². The molecule has 164 valence electrons. The van der Waals surface area contributed by atoms with Gasteiger partial charge in [-0.25, -0.2) is 9.18 Å². The summed E-state index contributed by atoms with van der Waals surface area (Å²) >= 11 is 0. The lowest BCUT2D eigenvalue weighted by Gasteiger charge is -2.38. The van der Waals surface area contributed by atoms with E-state index in [0.717, 1.165) is 24.5 Å². The van der Waals surface area contributed by atoms with Crippen molar-refractivity contribution in [3.05, 3.63) is 48.0 Å². The van der Waals surface area contributed by atoms with Crippen molar-refractivity contribution in [2.45, 2.75) is 20.0 Å². The number of nitrogens with zero attached hydrogens (tertiary/aromatic N) is 4. The summed E-state index contributed by atoms with van der Waals surface area (Å²) in [4.78, 5) is 33.3. The molecular formula is C22H26FN5O3. The third-order valence-electron chi connectivity index (χ3n) is 5.64. The minimum Gasteiger partial charge on any atom is -0.442 e. The molecule has 2 aliphatic rings. The zero-order valence-electron chi connectivity index (χ0n) is 17.7. The highest BCUT2D eigenvalue weighted by atomic mass is 19.1. The van der Waals surface area contributed by atoms with Gasteiger partial charge in [0.25, 0.3) is 0 Å². The number of carbonyl (C=O) groups excluding carboxylic acids is 2. The van der Waals surface area contributed by atoms with E-state index in [4.69, 9.17) is 4.74 Å². The minimum atomic E-state index is -0.539. The summed E-state index contributed by atoms with van der Waals surface area (Å²) in [6.07, 6.45) is 0.788. The molecule has 3 heterocycles. The molecule has 0 spiro atoms.